The lowest BCUT2D eigenvalue weighted by molar-refractivity contribution is -0.128. The van der Waals surface area contributed by atoms with Gasteiger partial charge in [-0.25, -0.2) is 4.98 Å². The summed E-state index contributed by atoms with van der Waals surface area (Å²) in [5.74, 6) is 0.527. The largest absolute Gasteiger partial charge is 0.338 e. The van der Waals surface area contributed by atoms with E-state index in [0.29, 0.717) is 5.75 Å². The number of hydrogen-bond donors (Lipinski definition) is 0. The fraction of sp³-hybridized carbons (Fsp3) is 0.222. The maximum absolute atomic E-state index is 12.4. The fourth-order valence-electron chi connectivity index (χ4n) is 2.31. The SMILES string of the molecule is C[C@@H](c1ccccc1)N(C)C(=O)CSc1nc2ccccc2s1. The maximum Gasteiger partial charge on any atom is 0.233 e. The summed E-state index contributed by atoms with van der Waals surface area (Å²) in [6.07, 6.45) is 0. The molecule has 23 heavy (non-hydrogen) atoms. The van der Waals surface area contributed by atoms with Crippen LogP contribution in [0.5, 0.6) is 0 Å². The molecule has 3 aromatic rings. The molecular weight excluding hydrogens is 324 g/mol. The Morgan fingerprint density at radius 3 is 2.61 bits per heavy atom. The highest BCUT2D eigenvalue weighted by Crippen LogP contribution is 2.30. The van der Waals surface area contributed by atoms with E-state index in [1.54, 1.807) is 16.2 Å². The van der Waals surface area contributed by atoms with E-state index in [1.165, 1.54) is 11.8 Å². The van der Waals surface area contributed by atoms with Crippen molar-refractivity contribution in [3.05, 3.63) is 60.2 Å². The predicted molar refractivity (Wildman–Crippen MR) is 98.0 cm³/mol. The van der Waals surface area contributed by atoms with E-state index in [2.05, 4.69) is 30.1 Å². The smallest absolute Gasteiger partial charge is 0.233 e. The number of rotatable bonds is 5. The maximum atomic E-state index is 12.4. The minimum absolute atomic E-state index is 0.0691. The highest BCUT2D eigenvalue weighted by Gasteiger charge is 2.18. The molecule has 3 rings (SSSR count). The molecule has 0 bridgehead atoms. The first-order chi connectivity index (χ1) is 11.1. The minimum atomic E-state index is 0.0691. The molecule has 0 unspecified atom stereocenters. The van der Waals surface area contributed by atoms with Gasteiger partial charge in [0.05, 0.1) is 22.0 Å². The van der Waals surface area contributed by atoms with Crippen LogP contribution in [-0.2, 0) is 4.79 Å². The van der Waals surface area contributed by atoms with E-state index in [9.17, 15) is 4.79 Å². The Kier molecular flexibility index (Phi) is 4.98. The van der Waals surface area contributed by atoms with Crippen LogP contribution in [-0.4, -0.2) is 28.6 Å². The Morgan fingerprint density at radius 1 is 1.17 bits per heavy atom. The Morgan fingerprint density at radius 2 is 1.87 bits per heavy atom. The predicted octanol–water partition coefficient (Wildman–Crippen LogP) is 4.61. The van der Waals surface area contributed by atoms with Gasteiger partial charge in [-0.2, -0.15) is 0 Å². The van der Waals surface area contributed by atoms with Gasteiger partial charge in [0, 0.05) is 7.05 Å². The standard InChI is InChI=1S/C18H18N2OS2/c1-13(14-8-4-3-5-9-14)20(2)17(21)12-22-18-19-15-10-6-7-11-16(15)23-18/h3-11,13H,12H2,1-2H3/t13-/m0/s1. The van der Waals surface area contributed by atoms with E-state index < -0.39 is 0 Å². The summed E-state index contributed by atoms with van der Waals surface area (Å²) in [6, 6.07) is 18.2. The second-order valence-electron chi connectivity index (χ2n) is 5.33. The molecule has 0 fully saturated rings. The first kappa shape index (κ1) is 16.0. The zero-order chi connectivity index (χ0) is 16.2. The van der Waals surface area contributed by atoms with Crippen LogP contribution in [0.25, 0.3) is 10.2 Å². The van der Waals surface area contributed by atoms with Crippen molar-refractivity contribution in [2.24, 2.45) is 0 Å². The van der Waals surface area contributed by atoms with Crippen LogP contribution in [0.2, 0.25) is 0 Å². The number of carbonyl (C=O) groups excluding carboxylic acids is 1. The third-order valence-corrected chi connectivity index (χ3v) is 6.01. The van der Waals surface area contributed by atoms with Gasteiger partial charge in [-0.1, -0.05) is 54.2 Å². The molecule has 2 aromatic carbocycles. The Labute approximate surface area is 144 Å². The van der Waals surface area contributed by atoms with Gasteiger partial charge in [0.1, 0.15) is 0 Å². The van der Waals surface area contributed by atoms with Gasteiger partial charge in [-0.05, 0) is 24.6 Å². The summed E-state index contributed by atoms with van der Waals surface area (Å²) in [5.41, 5.74) is 2.15. The lowest BCUT2D eigenvalue weighted by atomic mass is 10.1. The molecule has 0 aliphatic carbocycles. The second-order valence-corrected chi connectivity index (χ2v) is 7.58. The van der Waals surface area contributed by atoms with Gasteiger partial charge < -0.3 is 4.90 Å². The highest BCUT2D eigenvalue weighted by molar-refractivity contribution is 8.01. The quantitative estimate of drug-likeness (QED) is 0.635. The third-order valence-electron chi connectivity index (χ3n) is 3.85. The van der Waals surface area contributed by atoms with E-state index in [4.69, 9.17) is 0 Å². The topological polar surface area (TPSA) is 33.2 Å². The summed E-state index contributed by atoms with van der Waals surface area (Å²) >= 11 is 3.15. The van der Waals surface area contributed by atoms with Gasteiger partial charge in [0.25, 0.3) is 0 Å². The molecule has 1 amide bonds. The molecule has 0 radical (unpaired) electrons. The van der Waals surface area contributed by atoms with Crippen molar-refractivity contribution >= 4 is 39.2 Å². The normalized spacial score (nSPS) is 12.3. The van der Waals surface area contributed by atoms with E-state index in [0.717, 1.165) is 20.1 Å². The number of amides is 1. The average Bonchev–Trinajstić information content (AvgIpc) is 3.02. The summed E-state index contributed by atoms with van der Waals surface area (Å²) in [6.45, 7) is 2.05. The molecule has 118 valence electrons. The lowest BCUT2D eigenvalue weighted by Crippen LogP contribution is -2.31. The van der Waals surface area contributed by atoms with Crippen LogP contribution >= 0.6 is 23.1 Å². The lowest BCUT2D eigenvalue weighted by Gasteiger charge is -2.25. The molecular formula is C18H18N2OS2. The van der Waals surface area contributed by atoms with E-state index in [1.807, 2.05) is 43.4 Å². The molecule has 0 aliphatic heterocycles. The third kappa shape index (κ3) is 3.74. The van der Waals surface area contributed by atoms with Crippen molar-refractivity contribution < 1.29 is 4.79 Å². The molecule has 0 aliphatic rings. The fourth-order valence-corrected chi connectivity index (χ4v) is 4.30. The summed E-state index contributed by atoms with van der Waals surface area (Å²) in [5, 5.41) is 0. The summed E-state index contributed by atoms with van der Waals surface area (Å²) in [4.78, 5) is 18.8. The molecule has 1 atom stereocenters. The molecule has 0 spiro atoms. The van der Waals surface area contributed by atoms with Crippen molar-refractivity contribution in [1.82, 2.24) is 9.88 Å². The van der Waals surface area contributed by atoms with Crippen LogP contribution in [0.1, 0.15) is 18.5 Å². The van der Waals surface area contributed by atoms with Crippen LogP contribution in [0.4, 0.5) is 0 Å². The molecule has 1 heterocycles. The van der Waals surface area contributed by atoms with Gasteiger partial charge in [-0.3, -0.25) is 4.79 Å². The molecule has 0 N–H and O–H groups in total. The van der Waals surface area contributed by atoms with E-state index >= 15 is 0 Å². The Hall–Kier alpha value is -1.85. The summed E-state index contributed by atoms with van der Waals surface area (Å²) in [7, 11) is 1.86. The van der Waals surface area contributed by atoms with Gasteiger partial charge >= 0.3 is 0 Å². The second kappa shape index (κ2) is 7.15. The Balaban J connectivity index is 1.62. The summed E-state index contributed by atoms with van der Waals surface area (Å²) < 4.78 is 2.11. The molecule has 1 aromatic heterocycles. The number of nitrogens with zero attached hydrogens (tertiary/aromatic N) is 2. The first-order valence-corrected chi connectivity index (χ1v) is 9.24. The van der Waals surface area contributed by atoms with Gasteiger partial charge in [0.15, 0.2) is 4.34 Å². The van der Waals surface area contributed by atoms with E-state index in [-0.39, 0.29) is 11.9 Å². The zero-order valence-electron chi connectivity index (χ0n) is 13.1. The first-order valence-electron chi connectivity index (χ1n) is 7.44. The van der Waals surface area contributed by atoms with Crippen molar-refractivity contribution in [1.29, 1.82) is 0 Å². The highest BCUT2D eigenvalue weighted by atomic mass is 32.2. The average molecular weight is 342 g/mol. The number of benzene rings is 2. The molecule has 3 nitrogen and oxygen atoms in total. The number of aromatic nitrogens is 1. The number of para-hydroxylation sites is 1. The number of carbonyl (C=O) groups is 1. The van der Waals surface area contributed by atoms with Crippen molar-refractivity contribution in [3.8, 4) is 0 Å². The Bertz CT molecular complexity index is 768. The number of thioether (sulfide) groups is 1. The van der Waals surface area contributed by atoms with Gasteiger partial charge in [0.2, 0.25) is 5.91 Å². The molecule has 0 saturated carbocycles. The number of thiazole rings is 1. The van der Waals surface area contributed by atoms with Crippen LogP contribution in [0.15, 0.2) is 58.9 Å². The van der Waals surface area contributed by atoms with Crippen LogP contribution in [0, 0.1) is 0 Å². The van der Waals surface area contributed by atoms with Crippen LogP contribution < -0.4 is 0 Å². The van der Waals surface area contributed by atoms with Crippen molar-refractivity contribution in [2.75, 3.05) is 12.8 Å². The minimum Gasteiger partial charge on any atom is -0.338 e. The van der Waals surface area contributed by atoms with Gasteiger partial charge in [-0.15, -0.1) is 11.3 Å². The monoisotopic (exact) mass is 342 g/mol. The van der Waals surface area contributed by atoms with Crippen molar-refractivity contribution in [3.63, 3.8) is 0 Å². The number of fused-ring (bicyclic) bond motifs is 1. The van der Waals surface area contributed by atoms with Crippen LogP contribution in [0.3, 0.4) is 0 Å². The molecule has 5 heteroatoms. The molecule has 0 saturated heterocycles. The number of hydrogen-bond acceptors (Lipinski definition) is 4. The van der Waals surface area contributed by atoms with Crippen molar-refractivity contribution in [2.45, 2.75) is 17.3 Å². The zero-order valence-corrected chi connectivity index (χ0v) is 14.7.